The highest BCUT2D eigenvalue weighted by molar-refractivity contribution is 9.11. The Hall–Kier alpha value is -0.220. The Bertz CT molecular complexity index is 161. The van der Waals surface area contributed by atoms with E-state index < -0.39 is 0 Å². The molecule has 0 atom stereocenters. The average molecular weight is 201 g/mol. The molecule has 0 aliphatic rings. The van der Waals surface area contributed by atoms with Gasteiger partial charge in [-0.1, -0.05) is 33.8 Å². The Morgan fingerprint density at radius 1 is 1.40 bits per heavy atom. The first-order valence-electron chi connectivity index (χ1n) is 3.31. The first-order valence-corrected chi connectivity index (χ1v) is 4.23. The number of halogens is 1. The van der Waals surface area contributed by atoms with Crippen LogP contribution in [0.3, 0.4) is 0 Å². The maximum Gasteiger partial charge on any atom is 0.0277 e. The van der Waals surface area contributed by atoms with E-state index in [1.54, 1.807) is 0 Å². The van der Waals surface area contributed by atoms with Crippen LogP contribution in [0.5, 0.6) is 0 Å². The zero-order valence-electron chi connectivity index (χ0n) is 6.74. The molecule has 0 aromatic rings. The van der Waals surface area contributed by atoms with Crippen LogP contribution in [0, 0.1) is 17.3 Å². The highest BCUT2D eigenvalue weighted by Crippen LogP contribution is 2.09. The lowest BCUT2D eigenvalue weighted by Crippen LogP contribution is -1.98. The summed E-state index contributed by atoms with van der Waals surface area (Å²) in [7, 11) is 0. The summed E-state index contributed by atoms with van der Waals surface area (Å²) in [6.07, 6.45) is 2.82. The number of hydrogen-bond acceptors (Lipinski definition) is 0. The van der Waals surface area contributed by atoms with Crippen molar-refractivity contribution in [3.05, 3.63) is 11.1 Å². The third-order valence-electron chi connectivity index (χ3n) is 0.772. The lowest BCUT2D eigenvalue weighted by Gasteiger charge is -2.06. The number of rotatable bonds is 1. The molecule has 0 spiro atoms. The molecule has 0 bridgehead atoms. The second-order valence-electron chi connectivity index (χ2n) is 3.12. The third kappa shape index (κ3) is 7.78. The van der Waals surface area contributed by atoms with Gasteiger partial charge in [-0.15, -0.1) is 0 Å². The molecule has 0 aliphatic carbocycles. The molecular weight excluding hydrogens is 188 g/mol. The van der Waals surface area contributed by atoms with Crippen molar-refractivity contribution in [1.82, 2.24) is 0 Å². The molecule has 0 radical (unpaired) electrons. The van der Waals surface area contributed by atoms with E-state index in [0.29, 0.717) is 0 Å². The van der Waals surface area contributed by atoms with Gasteiger partial charge in [0, 0.05) is 11.8 Å². The summed E-state index contributed by atoms with van der Waals surface area (Å²) in [6, 6.07) is 0. The van der Waals surface area contributed by atoms with E-state index in [1.165, 1.54) is 0 Å². The van der Waals surface area contributed by atoms with Crippen molar-refractivity contribution < 1.29 is 0 Å². The molecule has 0 saturated carbocycles. The van der Waals surface area contributed by atoms with Gasteiger partial charge in [-0.25, -0.2) is 0 Å². The van der Waals surface area contributed by atoms with E-state index in [4.69, 9.17) is 0 Å². The van der Waals surface area contributed by atoms with Gasteiger partial charge >= 0.3 is 0 Å². The van der Waals surface area contributed by atoms with Crippen LogP contribution in [0.25, 0.3) is 0 Å². The van der Waals surface area contributed by atoms with Crippen LogP contribution in [0.1, 0.15) is 27.2 Å². The molecule has 0 nitrogen and oxygen atoms in total. The van der Waals surface area contributed by atoms with Crippen LogP contribution >= 0.6 is 15.9 Å². The van der Waals surface area contributed by atoms with Gasteiger partial charge in [0.05, 0.1) is 0 Å². The fourth-order valence-electron chi connectivity index (χ4n) is 0.420. The highest BCUT2D eigenvalue weighted by Gasteiger charge is 2.02. The van der Waals surface area contributed by atoms with Crippen molar-refractivity contribution in [1.29, 1.82) is 0 Å². The fourth-order valence-corrected chi connectivity index (χ4v) is 0.607. The Morgan fingerprint density at radius 3 is 2.40 bits per heavy atom. The minimum atomic E-state index is 0.139. The van der Waals surface area contributed by atoms with E-state index in [1.807, 2.05) is 11.1 Å². The SMILES string of the molecule is CC(C)(C)C#CCC=CBr. The molecule has 10 heavy (non-hydrogen) atoms. The largest absolute Gasteiger partial charge is 0.0986 e. The number of hydrogen-bond donors (Lipinski definition) is 0. The van der Waals surface area contributed by atoms with Crippen LogP contribution < -0.4 is 0 Å². The molecule has 0 saturated heterocycles. The first-order chi connectivity index (χ1) is 4.56. The van der Waals surface area contributed by atoms with Crippen molar-refractivity contribution in [2.45, 2.75) is 27.2 Å². The molecule has 56 valence electrons. The van der Waals surface area contributed by atoms with E-state index in [-0.39, 0.29) is 5.41 Å². The van der Waals surface area contributed by atoms with E-state index in [0.717, 1.165) is 6.42 Å². The zero-order chi connectivity index (χ0) is 8.04. The van der Waals surface area contributed by atoms with Gasteiger partial charge in [0.15, 0.2) is 0 Å². The van der Waals surface area contributed by atoms with Crippen molar-refractivity contribution in [3.8, 4) is 11.8 Å². The van der Waals surface area contributed by atoms with Crippen LogP contribution in [0.4, 0.5) is 0 Å². The summed E-state index contributed by atoms with van der Waals surface area (Å²) in [6.45, 7) is 6.33. The molecule has 0 aromatic heterocycles. The van der Waals surface area contributed by atoms with Crippen molar-refractivity contribution in [2.24, 2.45) is 5.41 Å². The molecule has 0 amide bonds. The van der Waals surface area contributed by atoms with Gasteiger partial charge in [0.25, 0.3) is 0 Å². The second kappa shape index (κ2) is 4.57. The van der Waals surface area contributed by atoms with E-state index in [2.05, 4.69) is 48.5 Å². The molecule has 0 fully saturated rings. The predicted molar refractivity (Wildman–Crippen MR) is 49.9 cm³/mol. The Morgan fingerprint density at radius 2 is 2.00 bits per heavy atom. The molecule has 0 aromatic carbocycles. The summed E-state index contributed by atoms with van der Waals surface area (Å²) in [4.78, 5) is 1.84. The molecule has 0 unspecified atom stereocenters. The minimum absolute atomic E-state index is 0.139. The second-order valence-corrected chi connectivity index (χ2v) is 3.65. The zero-order valence-corrected chi connectivity index (χ0v) is 8.33. The summed E-state index contributed by atoms with van der Waals surface area (Å²) in [5.74, 6) is 6.19. The summed E-state index contributed by atoms with van der Waals surface area (Å²) in [5.41, 5.74) is 0.139. The summed E-state index contributed by atoms with van der Waals surface area (Å²) >= 11 is 3.18. The maximum absolute atomic E-state index is 3.18. The number of allylic oxidation sites excluding steroid dienone is 1. The van der Waals surface area contributed by atoms with E-state index in [9.17, 15) is 0 Å². The molecule has 1 heteroatoms. The minimum Gasteiger partial charge on any atom is -0.0986 e. The topological polar surface area (TPSA) is 0 Å². The van der Waals surface area contributed by atoms with Crippen molar-refractivity contribution in [3.63, 3.8) is 0 Å². The highest BCUT2D eigenvalue weighted by atomic mass is 79.9. The summed E-state index contributed by atoms with van der Waals surface area (Å²) in [5, 5.41) is 0. The van der Waals surface area contributed by atoms with Gasteiger partial charge < -0.3 is 0 Å². The van der Waals surface area contributed by atoms with Crippen LogP contribution in [0.2, 0.25) is 0 Å². The van der Waals surface area contributed by atoms with Crippen LogP contribution in [-0.2, 0) is 0 Å². The smallest absolute Gasteiger partial charge is 0.0277 e. The van der Waals surface area contributed by atoms with E-state index >= 15 is 0 Å². The van der Waals surface area contributed by atoms with Gasteiger partial charge in [0.1, 0.15) is 0 Å². The Labute approximate surface area is 71.8 Å². The Kier molecular flexibility index (Phi) is 4.47. The lowest BCUT2D eigenvalue weighted by molar-refractivity contribution is 0.570. The predicted octanol–water partition coefficient (Wildman–Crippen LogP) is 3.33. The van der Waals surface area contributed by atoms with Crippen molar-refractivity contribution >= 4 is 15.9 Å². The standard InChI is InChI=1S/C9H13Br/c1-9(2,3)7-5-4-6-8-10/h6,8H,4H2,1-3H3. The molecule has 0 N–H and O–H groups in total. The van der Waals surface area contributed by atoms with Crippen LogP contribution in [-0.4, -0.2) is 0 Å². The fraction of sp³-hybridized carbons (Fsp3) is 0.556. The molecule has 0 heterocycles. The third-order valence-corrected chi connectivity index (χ3v) is 1.15. The summed E-state index contributed by atoms with van der Waals surface area (Å²) < 4.78 is 0. The lowest BCUT2D eigenvalue weighted by atomic mass is 9.98. The van der Waals surface area contributed by atoms with Gasteiger partial charge in [-0.2, -0.15) is 0 Å². The quantitative estimate of drug-likeness (QED) is 0.571. The van der Waals surface area contributed by atoms with Gasteiger partial charge in [-0.05, 0) is 25.8 Å². The Balaban J connectivity index is 3.70. The maximum atomic E-state index is 3.18. The van der Waals surface area contributed by atoms with Crippen LogP contribution in [0.15, 0.2) is 11.1 Å². The molecule has 0 rings (SSSR count). The normalized spacial score (nSPS) is 11.2. The molecular formula is C9H13Br. The monoisotopic (exact) mass is 200 g/mol. The average Bonchev–Trinajstić information content (AvgIpc) is 1.78. The van der Waals surface area contributed by atoms with Gasteiger partial charge in [-0.3, -0.25) is 0 Å². The van der Waals surface area contributed by atoms with Crippen molar-refractivity contribution in [2.75, 3.05) is 0 Å². The first kappa shape index (κ1) is 9.78. The van der Waals surface area contributed by atoms with Gasteiger partial charge in [0.2, 0.25) is 0 Å². The molecule has 0 aliphatic heterocycles.